The molecule has 1 amide bonds. The van der Waals surface area contributed by atoms with E-state index in [2.05, 4.69) is 22.2 Å². The molecule has 0 atom stereocenters. The molecular weight excluding hydrogens is 322 g/mol. The molecule has 0 aliphatic rings. The second kappa shape index (κ2) is 7.70. The van der Waals surface area contributed by atoms with Crippen LogP contribution in [-0.4, -0.2) is 22.5 Å². The standard InChI is InChI=1S/C18H17N3O2S/c1-2-13-5-3-7-15(9-13)23-11-17(22)21-18-20-16(12-24-18)14-6-4-8-19-10-14/h3-10,12H,2,11H2,1H3,(H,20,21,22). The molecule has 0 saturated carbocycles. The van der Waals surface area contributed by atoms with Gasteiger partial charge in [0.05, 0.1) is 5.69 Å². The minimum absolute atomic E-state index is 0.0467. The molecule has 0 bridgehead atoms. The first-order chi connectivity index (χ1) is 11.7. The molecule has 6 heteroatoms. The van der Waals surface area contributed by atoms with Crippen LogP contribution in [0.25, 0.3) is 11.3 Å². The molecule has 2 heterocycles. The number of anilines is 1. The second-order valence-electron chi connectivity index (χ2n) is 5.12. The molecule has 0 unspecified atom stereocenters. The summed E-state index contributed by atoms with van der Waals surface area (Å²) in [6, 6.07) is 11.5. The van der Waals surface area contributed by atoms with E-state index in [4.69, 9.17) is 4.74 Å². The molecule has 3 rings (SSSR count). The maximum atomic E-state index is 12.0. The zero-order valence-corrected chi connectivity index (χ0v) is 14.0. The van der Waals surface area contributed by atoms with Crippen molar-refractivity contribution in [2.75, 3.05) is 11.9 Å². The molecule has 0 saturated heterocycles. The normalized spacial score (nSPS) is 10.4. The van der Waals surface area contributed by atoms with Crippen molar-refractivity contribution in [2.45, 2.75) is 13.3 Å². The molecular formula is C18H17N3O2S. The number of thiazole rings is 1. The number of aryl methyl sites for hydroxylation is 1. The molecule has 1 N–H and O–H groups in total. The van der Waals surface area contributed by atoms with Crippen molar-refractivity contribution in [3.05, 3.63) is 59.7 Å². The minimum atomic E-state index is -0.232. The number of amides is 1. The third-order valence-corrected chi connectivity index (χ3v) is 4.14. The first kappa shape index (κ1) is 16.1. The highest BCUT2D eigenvalue weighted by Gasteiger charge is 2.09. The van der Waals surface area contributed by atoms with Crippen molar-refractivity contribution in [3.63, 3.8) is 0 Å². The molecule has 0 aliphatic heterocycles. The maximum absolute atomic E-state index is 12.0. The molecule has 0 spiro atoms. The highest BCUT2D eigenvalue weighted by molar-refractivity contribution is 7.14. The van der Waals surface area contributed by atoms with Gasteiger partial charge in [0.15, 0.2) is 11.7 Å². The summed E-state index contributed by atoms with van der Waals surface area (Å²) < 4.78 is 5.53. The van der Waals surface area contributed by atoms with Crippen molar-refractivity contribution in [1.82, 2.24) is 9.97 Å². The monoisotopic (exact) mass is 339 g/mol. The Morgan fingerprint density at radius 2 is 2.21 bits per heavy atom. The largest absolute Gasteiger partial charge is 0.484 e. The molecule has 122 valence electrons. The Hall–Kier alpha value is -2.73. The number of nitrogens with zero attached hydrogens (tertiary/aromatic N) is 2. The highest BCUT2D eigenvalue weighted by Crippen LogP contribution is 2.24. The maximum Gasteiger partial charge on any atom is 0.264 e. The van der Waals surface area contributed by atoms with Crippen LogP contribution in [0.3, 0.4) is 0 Å². The Labute approximate surface area is 144 Å². The number of rotatable bonds is 6. The fraction of sp³-hybridized carbons (Fsp3) is 0.167. The average Bonchev–Trinajstić information content (AvgIpc) is 3.09. The Morgan fingerprint density at radius 1 is 1.29 bits per heavy atom. The Balaban J connectivity index is 1.56. The third-order valence-electron chi connectivity index (χ3n) is 3.38. The summed E-state index contributed by atoms with van der Waals surface area (Å²) in [6.07, 6.45) is 4.38. The van der Waals surface area contributed by atoms with Crippen molar-refractivity contribution in [1.29, 1.82) is 0 Å². The van der Waals surface area contributed by atoms with Gasteiger partial charge in [-0.1, -0.05) is 19.1 Å². The van der Waals surface area contributed by atoms with Crippen LogP contribution in [-0.2, 0) is 11.2 Å². The topological polar surface area (TPSA) is 64.1 Å². The van der Waals surface area contributed by atoms with Crippen LogP contribution in [0.4, 0.5) is 5.13 Å². The average molecular weight is 339 g/mol. The summed E-state index contributed by atoms with van der Waals surface area (Å²) in [7, 11) is 0. The second-order valence-corrected chi connectivity index (χ2v) is 5.98. The van der Waals surface area contributed by atoms with Crippen LogP contribution >= 0.6 is 11.3 Å². The molecule has 0 radical (unpaired) electrons. The lowest BCUT2D eigenvalue weighted by molar-refractivity contribution is -0.118. The zero-order chi connectivity index (χ0) is 16.8. The van der Waals surface area contributed by atoms with Crippen molar-refractivity contribution in [3.8, 4) is 17.0 Å². The Bertz CT molecular complexity index is 818. The number of nitrogens with one attached hydrogen (secondary N) is 1. The summed E-state index contributed by atoms with van der Waals surface area (Å²) in [6.45, 7) is 2.03. The number of ether oxygens (including phenoxy) is 1. The number of carbonyl (C=O) groups excluding carboxylic acids is 1. The van der Waals surface area contributed by atoms with Crippen LogP contribution in [0, 0.1) is 0 Å². The van der Waals surface area contributed by atoms with Crippen LogP contribution in [0.1, 0.15) is 12.5 Å². The van der Waals surface area contributed by atoms with Crippen LogP contribution in [0.15, 0.2) is 54.2 Å². The number of hydrogen-bond donors (Lipinski definition) is 1. The number of carbonyl (C=O) groups is 1. The van der Waals surface area contributed by atoms with Gasteiger partial charge in [0.1, 0.15) is 5.75 Å². The van der Waals surface area contributed by atoms with Gasteiger partial charge in [-0.05, 0) is 36.2 Å². The van der Waals surface area contributed by atoms with Gasteiger partial charge in [-0.3, -0.25) is 15.1 Å². The van der Waals surface area contributed by atoms with Crippen molar-refractivity contribution >= 4 is 22.4 Å². The van der Waals surface area contributed by atoms with Crippen molar-refractivity contribution in [2.24, 2.45) is 0 Å². The van der Waals surface area contributed by atoms with Gasteiger partial charge in [0, 0.05) is 23.3 Å². The smallest absolute Gasteiger partial charge is 0.264 e. The lowest BCUT2D eigenvalue weighted by atomic mass is 10.2. The van der Waals surface area contributed by atoms with E-state index in [9.17, 15) is 4.79 Å². The lowest BCUT2D eigenvalue weighted by Gasteiger charge is -2.07. The quantitative estimate of drug-likeness (QED) is 0.742. The van der Waals surface area contributed by atoms with Gasteiger partial charge in [0.2, 0.25) is 0 Å². The summed E-state index contributed by atoms with van der Waals surface area (Å²) in [5.41, 5.74) is 2.88. The van der Waals surface area contributed by atoms with E-state index < -0.39 is 0 Å². The molecule has 5 nitrogen and oxygen atoms in total. The van der Waals surface area contributed by atoms with E-state index in [0.29, 0.717) is 10.9 Å². The fourth-order valence-corrected chi connectivity index (χ4v) is 2.87. The van der Waals surface area contributed by atoms with Crippen LogP contribution < -0.4 is 10.1 Å². The fourth-order valence-electron chi connectivity index (χ4n) is 2.14. The van der Waals surface area contributed by atoms with Gasteiger partial charge in [-0.2, -0.15) is 0 Å². The lowest BCUT2D eigenvalue weighted by Crippen LogP contribution is -2.20. The summed E-state index contributed by atoms with van der Waals surface area (Å²) in [5.74, 6) is 0.462. The number of pyridine rings is 1. The summed E-state index contributed by atoms with van der Waals surface area (Å²) in [5, 5.41) is 5.19. The first-order valence-corrected chi connectivity index (χ1v) is 8.50. The van der Waals surface area contributed by atoms with Gasteiger partial charge < -0.3 is 4.74 Å². The predicted molar refractivity (Wildman–Crippen MR) is 95.3 cm³/mol. The molecule has 3 aromatic rings. The Morgan fingerprint density at radius 3 is 3.00 bits per heavy atom. The number of benzene rings is 1. The van der Waals surface area contributed by atoms with Crippen molar-refractivity contribution < 1.29 is 9.53 Å². The van der Waals surface area contributed by atoms with E-state index in [1.54, 1.807) is 12.4 Å². The molecule has 0 aliphatic carbocycles. The Kier molecular flexibility index (Phi) is 5.18. The van der Waals surface area contributed by atoms with E-state index in [1.165, 1.54) is 16.9 Å². The minimum Gasteiger partial charge on any atom is -0.484 e. The SMILES string of the molecule is CCc1cccc(OCC(=O)Nc2nc(-c3cccnc3)cs2)c1. The van der Waals surface area contributed by atoms with Crippen LogP contribution in [0.2, 0.25) is 0 Å². The van der Waals surface area contributed by atoms with E-state index in [0.717, 1.165) is 17.7 Å². The zero-order valence-electron chi connectivity index (χ0n) is 13.2. The van der Waals surface area contributed by atoms with Gasteiger partial charge >= 0.3 is 0 Å². The third kappa shape index (κ3) is 4.17. The predicted octanol–water partition coefficient (Wildman–Crippen LogP) is 3.79. The molecule has 0 fully saturated rings. The molecule has 1 aromatic carbocycles. The first-order valence-electron chi connectivity index (χ1n) is 7.62. The van der Waals surface area contributed by atoms with Crippen LogP contribution in [0.5, 0.6) is 5.75 Å². The van der Waals surface area contributed by atoms with E-state index in [1.807, 2.05) is 41.8 Å². The van der Waals surface area contributed by atoms with Gasteiger partial charge in [-0.15, -0.1) is 11.3 Å². The number of hydrogen-bond acceptors (Lipinski definition) is 5. The van der Waals surface area contributed by atoms with E-state index in [-0.39, 0.29) is 12.5 Å². The highest BCUT2D eigenvalue weighted by atomic mass is 32.1. The molecule has 2 aromatic heterocycles. The van der Waals surface area contributed by atoms with Gasteiger partial charge in [-0.25, -0.2) is 4.98 Å². The number of aromatic nitrogens is 2. The summed E-state index contributed by atoms with van der Waals surface area (Å²) >= 11 is 1.37. The van der Waals surface area contributed by atoms with Gasteiger partial charge in [0.25, 0.3) is 5.91 Å². The van der Waals surface area contributed by atoms with E-state index >= 15 is 0 Å². The molecule has 24 heavy (non-hydrogen) atoms. The summed E-state index contributed by atoms with van der Waals surface area (Å²) in [4.78, 5) is 20.5.